The van der Waals surface area contributed by atoms with Gasteiger partial charge in [0.15, 0.2) is 5.96 Å². The van der Waals surface area contributed by atoms with E-state index in [1.165, 1.54) is 0 Å². The Morgan fingerprint density at radius 1 is 1.20 bits per heavy atom. The Balaban J connectivity index is 0.00000320. The number of aromatic nitrogens is 2. The molecule has 30 heavy (non-hydrogen) atoms. The van der Waals surface area contributed by atoms with Crippen LogP contribution in [-0.4, -0.2) is 59.3 Å². The van der Waals surface area contributed by atoms with Gasteiger partial charge in [0.1, 0.15) is 6.54 Å². The van der Waals surface area contributed by atoms with Crippen molar-refractivity contribution < 1.29 is 9.53 Å². The summed E-state index contributed by atoms with van der Waals surface area (Å²) < 4.78 is 7.14. The van der Waals surface area contributed by atoms with Crippen LogP contribution in [0, 0.1) is 0 Å². The van der Waals surface area contributed by atoms with Crippen molar-refractivity contribution in [2.24, 2.45) is 12.0 Å². The van der Waals surface area contributed by atoms with Crippen molar-refractivity contribution in [3.05, 3.63) is 47.8 Å². The molecule has 9 heteroatoms. The smallest absolute Gasteiger partial charge is 0.246 e. The monoisotopic (exact) mass is 526 g/mol. The molecule has 1 fully saturated rings. The normalized spacial score (nSPS) is 14.6. The standard InChI is InChI=1S/C21H30N6O2.HI/c1-4-22-21(23-12-17-6-8-18(9-7-17)16-29-5-2)26-10-11-27(20(28)15-26)19-13-24-25(3)14-19;/h6-9,13-14H,4-5,10-12,15-16H2,1-3H3,(H,22,23);1H. The number of benzene rings is 1. The van der Waals surface area contributed by atoms with Crippen molar-refractivity contribution in [1.82, 2.24) is 20.0 Å². The summed E-state index contributed by atoms with van der Waals surface area (Å²) in [5.41, 5.74) is 3.12. The lowest BCUT2D eigenvalue weighted by atomic mass is 10.1. The highest BCUT2D eigenvalue weighted by atomic mass is 127. The highest BCUT2D eigenvalue weighted by Gasteiger charge is 2.27. The van der Waals surface area contributed by atoms with E-state index < -0.39 is 0 Å². The van der Waals surface area contributed by atoms with Crippen LogP contribution >= 0.6 is 24.0 Å². The Morgan fingerprint density at radius 2 is 1.93 bits per heavy atom. The molecule has 1 saturated heterocycles. The molecule has 1 amide bonds. The fourth-order valence-corrected chi connectivity index (χ4v) is 3.23. The molecule has 0 spiro atoms. The second-order valence-corrected chi connectivity index (χ2v) is 6.96. The van der Waals surface area contributed by atoms with Gasteiger partial charge in [-0.1, -0.05) is 24.3 Å². The number of aliphatic imine (C=N–C) groups is 1. The van der Waals surface area contributed by atoms with Gasteiger partial charge in [-0.2, -0.15) is 5.10 Å². The van der Waals surface area contributed by atoms with Crippen LogP contribution in [0.2, 0.25) is 0 Å². The van der Waals surface area contributed by atoms with Gasteiger partial charge in [-0.3, -0.25) is 9.48 Å². The van der Waals surface area contributed by atoms with E-state index in [0.29, 0.717) is 32.8 Å². The average molecular weight is 526 g/mol. The first-order valence-electron chi connectivity index (χ1n) is 10.1. The Kier molecular flexibility index (Phi) is 9.57. The molecular weight excluding hydrogens is 495 g/mol. The molecule has 1 aromatic heterocycles. The largest absolute Gasteiger partial charge is 0.377 e. The maximum Gasteiger partial charge on any atom is 0.246 e. The number of piperazine rings is 1. The van der Waals surface area contributed by atoms with Crippen molar-refractivity contribution in [1.29, 1.82) is 0 Å². The van der Waals surface area contributed by atoms with E-state index in [9.17, 15) is 4.79 Å². The molecule has 0 aliphatic carbocycles. The molecule has 8 nitrogen and oxygen atoms in total. The van der Waals surface area contributed by atoms with E-state index in [-0.39, 0.29) is 29.9 Å². The van der Waals surface area contributed by atoms with Crippen molar-refractivity contribution in [2.75, 3.05) is 37.7 Å². The van der Waals surface area contributed by atoms with Gasteiger partial charge in [0.2, 0.25) is 5.91 Å². The predicted molar refractivity (Wildman–Crippen MR) is 129 cm³/mol. The predicted octanol–water partition coefficient (Wildman–Crippen LogP) is 2.39. The van der Waals surface area contributed by atoms with Gasteiger partial charge in [0.25, 0.3) is 0 Å². The third kappa shape index (κ3) is 6.43. The van der Waals surface area contributed by atoms with Crippen LogP contribution in [-0.2, 0) is 29.7 Å². The number of halogens is 1. The molecule has 1 aromatic carbocycles. The Morgan fingerprint density at radius 3 is 2.53 bits per heavy atom. The number of carbonyl (C=O) groups is 1. The molecule has 0 radical (unpaired) electrons. The quantitative estimate of drug-likeness (QED) is 0.341. The van der Waals surface area contributed by atoms with Crippen molar-refractivity contribution in [2.45, 2.75) is 27.0 Å². The lowest BCUT2D eigenvalue weighted by Crippen LogP contribution is -2.55. The molecule has 2 heterocycles. The number of ether oxygens (including phenoxy) is 1. The zero-order chi connectivity index (χ0) is 20.6. The van der Waals surface area contributed by atoms with E-state index in [2.05, 4.69) is 34.7 Å². The zero-order valence-corrected chi connectivity index (χ0v) is 20.2. The Hall–Kier alpha value is -2.14. The van der Waals surface area contributed by atoms with Crippen LogP contribution < -0.4 is 10.2 Å². The third-order valence-electron chi connectivity index (χ3n) is 4.77. The lowest BCUT2D eigenvalue weighted by molar-refractivity contribution is -0.120. The number of carbonyl (C=O) groups excluding carboxylic acids is 1. The first-order chi connectivity index (χ1) is 14.1. The molecule has 1 N–H and O–H groups in total. The lowest BCUT2D eigenvalue weighted by Gasteiger charge is -2.35. The second-order valence-electron chi connectivity index (χ2n) is 6.96. The number of nitrogens with zero attached hydrogens (tertiary/aromatic N) is 5. The summed E-state index contributed by atoms with van der Waals surface area (Å²) in [6.45, 7) is 8.32. The molecular formula is C21H31IN6O2. The number of nitrogens with one attached hydrogen (secondary N) is 1. The van der Waals surface area contributed by atoms with Crippen LogP contribution in [0.15, 0.2) is 41.7 Å². The van der Waals surface area contributed by atoms with E-state index >= 15 is 0 Å². The van der Waals surface area contributed by atoms with Gasteiger partial charge in [-0.15, -0.1) is 24.0 Å². The summed E-state index contributed by atoms with van der Waals surface area (Å²) in [6.07, 6.45) is 3.59. The van der Waals surface area contributed by atoms with E-state index in [4.69, 9.17) is 9.73 Å². The van der Waals surface area contributed by atoms with Crippen LogP contribution in [0.25, 0.3) is 0 Å². The summed E-state index contributed by atoms with van der Waals surface area (Å²) in [7, 11) is 1.85. The third-order valence-corrected chi connectivity index (χ3v) is 4.77. The van der Waals surface area contributed by atoms with Gasteiger partial charge in [0.05, 0.1) is 25.0 Å². The highest BCUT2D eigenvalue weighted by Crippen LogP contribution is 2.16. The summed E-state index contributed by atoms with van der Waals surface area (Å²) in [4.78, 5) is 21.2. The second kappa shape index (κ2) is 11.9. The van der Waals surface area contributed by atoms with Gasteiger partial charge in [0, 0.05) is 39.5 Å². The average Bonchev–Trinajstić information content (AvgIpc) is 3.16. The number of guanidine groups is 1. The van der Waals surface area contributed by atoms with Crippen molar-refractivity contribution >= 4 is 41.5 Å². The summed E-state index contributed by atoms with van der Waals surface area (Å²) in [6, 6.07) is 8.30. The summed E-state index contributed by atoms with van der Waals surface area (Å²) in [5.74, 6) is 0.820. The molecule has 0 atom stereocenters. The molecule has 164 valence electrons. The van der Waals surface area contributed by atoms with E-state index in [0.717, 1.165) is 35.9 Å². The van der Waals surface area contributed by atoms with Gasteiger partial charge < -0.3 is 19.9 Å². The molecule has 2 aromatic rings. The van der Waals surface area contributed by atoms with Crippen LogP contribution in [0.4, 0.5) is 5.69 Å². The molecule has 1 aliphatic rings. The summed E-state index contributed by atoms with van der Waals surface area (Å²) >= 11 is 0. The maximum absolute atomic E-state index is 12.7. The molecule has 1 aliphatic heterocycles. The first-order valence-corrected chi connectivity index (χ1v) is 10.1. The minimum absolute atomic E-state index is 0. The fraction of sp³-hybridized carbons (Fsp3) is 0.476. The summed E-state index contributed by atoms with van der Waals surface area (Å²) in [5, 5.41) is 7.47. The van der Waals surface area contributed by atoms with Gasteiger partial charge in [-0.25, -0.2) is 4.99 Å². The number of anilines is 1. The van der Waals surface area contributed by atoms with Crippen LogP contribution in [0.5, 0.6) is 0 Å². The number of amides is 1. The van der Waals surface area contributed by atoms with Crippen molar-refractivity contribution in [3.8, 4) is 0 Å². The minimum atomic E-state index is 0. The molecule has 3 rings (SSSR count). The molecule has 0 bridgehead atoms. The van der Waals surface area contributed by atoms with E-state index in [1.807, 2.05) is 32.0 Å². The Bertz CT molecular complexity index is 836. The SMILES string of the molecule is CCNC(=NCc1ccc(COCC)cc1)N1CCN(c2cnn(C)c2)C(=O)C1.I. The number of hydrogen-bond acceptors (Lipinski definition) is 4. The van der Waals surface area contributed by atoms with Gasteiger partial charge in [-0.05, 0) is 25.0 Å². The maximum atomic E-state index is 12.7. The minimum Gasteiger partial charge on any atom is -0.377 e. The topological polar surface area (TPSA) is 75.0 Å². The number of hydrogen-bond donors (Lipinski definition) is 1. The first kappa shape index (κ1) is 24.1. The highest BCUT2D eigenvalue weighted by molar-refractivity contribution is 14.0. The van der Waals surface area contributed by atoms with E-state index in [1.54, 1.807) is 15.8 Å². The zero-order valence-electron chi connectivity index (χ0n) is 17.9. The Labute approximate surface area is 195 Å². The van der Waals surface area contributed by atoms with Gasteiger partial charge >= 0.3 is 0 Å². The van der Waals surface area contributed by atoms with Crippen molar-refractivity contribution in [3.63, 3.8) is 0 Å². The molecule has 0 saturated carbocycles. The van der Waals surface area contributed by atoms with Crippen LogP contribution in [0.3, 0.4) is 0 Å². The fourth-order valence-electron chi connectivity index (χ4n) is 3.23. The number of aryl methyl sites for hydroxylation is 1. The number of rotatable bonds is 7. The van der Waals surface area contributed by atoms with Crippen LogP contribution in [0.1, 0.15) is 25.0 Å². The molecule has 0 unspecified atom stereocenters.